The first-order valence-electron chi connectivity index (χ1n) is 3.07. The van der Waals surface area contributed by atoms with Crippen LogP contribution < -0.4 is 0 Å². The van der Waals surface area contributed by atoms with Crippen molar-refractivity contribution in [3.8, 4) is 0 Å². The van der Waals surface area contributed by atoms with E-state index in [4.69, 9.17) is 4.74 Å². The molecule has 1 unspecified atom stereocenters. The number of epoxide rings is 1. The first kappa shape index (κ1) is 7.28. The van der Waals surface area contributed by atoms with E-state index in [9.17, 15) is 4.79 Å². The summed E-state index contributed by atoms with van der Waals surface area (Å²) in [6, 6.07) is 0. The largest absolute Gasteiger partial charge is 0.466 e. The second kappa shape index (κ2) is 2.42. The smallest absolute Gasteiger partial charge is 0.330 e. The summed E-state index contributed by atoms with van der Waals surface area (Å²) < 4.78 is 9.39. The maximum absolute atomic E-state index is 10.5. The molecule has 1 atom stereocenters. The quantitative estimate of drug-likeness (QED) is 0.320. The molecule has 3 nitrogen and oxygen atoms in total. The summed E-state index contributed by atoms with van der Waals surface area (Å²) in [5.41, 5.74) is -0.200. The fourth-order valence-electron chi connectivity index (χ4n) is 0.522. The Hall–Kier alpha value is -0.830. The molecule has 0 aliphatic carbocycles. The average Bonchev–Trinajstić information content (AvgIpc) is 2.64. The number of carbonyl (C=O) groups excluding carboxylic acids is 1. The molecule has 1 rings (SSSR count). The minimum atomic E-state index is -0.336. The van der Waals surface area contributed by atoms with Crippen LogP contribution in [0.5, 0.6) is 0 Å². The van der Waals surface area contributed by atoms with E-state index in [0.29, 0.717) is 6.61 Å². The van der Waals surface area contributed by atoms with Crippen molar-refractivity contribution in [1.29, 1.82) is 0 Å². The second-order valence-electron chi connectivity index (χ2n) is 2.46. The van der Waals surface area contributed by atoms with E-state index in [1.807, 2.05) is 6.92 Å². The van der Waals surface area contributed by atoms with E-state index in [-0.39, 0.29) is 11.6 Å². The van der Waals surface area contributed by atoms with Gasteiger partial charge in [0.1, 0.15) is 5.60 Å². The molecular weight excluding hydrogens is 132 g/mol. The van der Waals surface area contributed by atoms with E-state index in [2.05, 4.69) is 4.74 Å². The van der Waals surface area contributed by atoms with Crippen LogP contribution in [0.2, 0.25) is 0 Å². The molecule has 3 heteroatoms. The lowest BCUT2D eigenvalue weighted by Crippen LogP contribution is -2.01. The van der Waals surface area contributed by atoms with E-state index in [0.717, 1.165) is 0 Å². The molecule has 0 N–H and O–H groups in total. The van der Waals surface area contributed by atoms with Crippen LogP contribution in [-0.4, -0.2) is 25.3 Å². The number of rotatable bonds is 2. The molecule has 1 saturated heterocycles. The standard InChI is InChI=1S/C7H10O3/c1-7(5-10-7)4-3-6(8)9-2/h3-4H,5H2,1-2H3/b4-3+. The van der Waals surface area contributed by atoms with Crippen LogP contribution in [0.1, 0.15) is 6.92 Å². The van der Waals surface area contributed by atoms with Gasteiger partial charge in [0, 0.05) is 6.08 Å². The van der Waals surface area contributed by atoms with Gasteiger partial charge in [0.05, 0.1) is 13.7 Å². The van der Waals surface area contributed by atoms with Crippen LogP contribution in [0.3, 0.4) is 0 Å². The van der Waals surface area contributed by atoms with Gasteiger partial charge in [-0.05, 0) is 13.0 Å². The lowest BCUT2D eigenvalue weighted by Gasteiger charge is -1.92. The van der Waals surface area contributed by atoms with E-state index in [1.54, 1.807) is 6.08 Å². The molecule has 1 aliphatic heterocycles. The average molecular weight is 142 g/mol. The van der Waals surface area contributed by atoms with Crippen molar-refractivity contribution < 1.29 is 14.3 Å². The Morgan fingerprint density at radius 1 is 1.80 bits per heavy atom. The van der Waals surface area contributed by atoms with Gasteiger partial charge < -0.3 is 9.47 Å². The summed E-state index contributed by atoms with van der Waals surface area (Å²) in [7, 11) is 1.35. The zero-order chi connectivity index (χ0) is 7.61. The maximum atomic E-state index is 10.5. The summed E-state index contributed by atoms with van der Waals surface area (Å²) in [5.74, 6) is -0.336. The van der Waals surface area contributed by atoms with Gasteiger partial charge in [-0.15, -0.1) is 0 Å². The molecule has 0 spiro atoms. The summed E-state index contributed by atoms with van der Waals surface area (Å²) >= 11 is 0. The molecule has 10 heavy (non-hydrogen) atoms. The van der Waals surface area contributed by atoms with Gasteiger partial charge >= 0.3 is 5.97 Å². The zero-order valence-corrected chi connectivity index (χ0v) is 6.09. The molecular formula is C7H10O3. The molecule has 0 saturated carbocycles. The van der Waals surface area contributed by atoms with Crippen LogP contribution in [-0.2, 0) is 14.3 Å². The monoisotopic (exact) mass is 142 g/mol. The van der Waals surface area contributed by atoms with Crippen molar-refractivity contribution in [3.63, 3.8) is 0 Å². The Bertz CT molecular complexity index is 168. The number of ether oxygens (including phenoxy) is 2. The molecule has 0 amide bonds. The van der Waals surface area contributed by atoms with E-state index < -0.39 is 0 Å². The highest BCUT2D eigenvalue weighted by molar-refractivity contribution is 5.82. The Morgan fingerprint density at radius 2 is 2.40 bits per heavy atom. The lowest BCUT2D eigenvalue weighted by molar-refractivity contribution is -0.134. The van der Waals surface area contributed by atoms with Crippen LogP contribution in [0.25, 0.3) is 0 Å². The van der Waals surface area contributed by atoms with Gasteiger partial charge in [-0.3, -0.25) is 0 Å². The Balaban J connectivity index is 2.36. The Labute approximate surface area is 59.6 Å². The van der Waals surface area contributed by atoms with Gasteiger partial charge in [0.15, 0.2) is 0 Å². The predicted molar refractivity (Wildman–Crippen MR) is 35.5 cm³/mol. The highest BCUT2D eigenvalue weighted by atomic mass is 16.6. The third-order valence-electron chi connectivity index (χ3n) is 1.37. The van der Waals surface area contributed by atoms with Crippen molar-refractivity contribution >= 4 is 5.97 Å². The van der Waals surface area contributed by atoms with Crippen LogP contribution in [0.4, 0.5) is 0 Å². The van der Waals surface area contributed by atoms with Gasteiger partial charge in [-0.25, -0.2) is 4.79 Å². The van der Waals surface area contributed by atoms with Gasteiger partial charge in [0.2, 0.25) is 0 Å². The van der Waals surface area contributed by atoms with Crippen molar-refractivity contribution in [2.24, 2.45) is 0 Å². The summed E-state index contributed by atoms with van der Waals surface area (Å²) in [6.07, 6.45) is 3.09. The highest BCUT2D eigenvalue weighted by Crippen LogP contribution is 2.26. The van der Waals surface area contributed by atoms with E-state index in [1.165, 1.54) is 13.2 Å². The van der Waals surface area contributed by atoms with Crippen molar-refractivity contribution in [1.82, 2.24) is 0 Å². The Kier molecular flexibility index (Phi) is 1.76. The van der Waals surface area contributed by atoms with Crippen LogP contribution >= 0.6 is 0 Å². The van der Waals surface area contributed by atoms with Crippen molar-refractivity contribution in [2.75, 3.05) is 13.7 Å². The molecule has 56 valence electrons. The fraction of sp³-hybridized carbons (Fsp3) is 0.571. The van der Waals surface area contributed by atoms with Gasteiger partial charge in [0.25, 0.3) is 0 Å². The molecule has 0 aromatic carbocycles. The molecule has 0 bridgehead atoms. The molecule has 1 fully saturated rings. The molecule has 0 aromatic rings. The minimum Gasteiger partial charge on any atom is -0.466 e. The SMILES string of the molecule is COC(=O)/C=C/C1(C)CO1. The molecule has 1 aliphatic rings. The van der Waals surface area contributed by atoms with Crippen LogP contribution in [0.15, 0.2) is 12.2 Å². The first-order valence-corrected chi connectivity index (χ1v) is 3.07. The van der Waals surface area contributed by atoms with Gasteiger partial charge in [-0.2, -0.15) is 0 Å². The molecule has 1 heterocycles. The number of hydrogen-bond acceptors (Lipinski definition) is 3. The first-order chi connectivity index (χ1) is 4.66. The maximum Gasteiger partial charge on any atom is 0.330 e. The lowest BCUT2D eigenvalue weighted by atomic mass is 10.2. The molecule has 0 aromatic heterocycles. The predicted octanol–water partition coefficient (Wildman–Crippen LogP) is 0.504. The normalized spacial score (nSPS) is 30.6. The topological polar surface area (TPSA) is 38.8 Å². The Morgan fingerprint density at radius 3 is 2.80 bits per heavy atom. The van der Waals surface area contributed by atoms with Crippen molar-refractivity contribution in [3.05, 3.63) is 12.2 Å². The minimum absolute atomic E-state index is 0.200. The fourth-order valence-corrected chi connectivity index (χ4v) is 0.522. The van der Waals surface area contributed by atoms with E-state index >= 15 is 0 Å². The summed E-state index contributed by atoms with van der Waals surface area (Å²) in [4.78, 5) is 10.5. The van der Waals surface area contributed by atoms with Crippen LogP contribution in [0, 0.1) is 0 Å². The van der Waals surface area contributed by atoms with Crippen molar-refractivity contribution in [2.45, 2.75) is 12.5 Å². The molecule has 0 radical (unpaired) electrons. The highest BCUT2D eigenvalue weighted by Gasteiger charge is 2.36. The number of esters is 1. The zero-order valence-electron chi connectivity index (χ0n) is 6.09. The number of hydrogen-bond donors (Lipinski definition) is 0. The number of methoxy groups -OCH3 is 1. The summed E-state index contributed by atoms with van der Waals surface area (Å²) in [6.45, 7) is 2.60. The van der Waals surface area contributed by atoms with Gasteiger partial charge in [-0.1, -0.05) is 0 Å². The second-order valence-corrected chi connectivity index (χ2v) is 2.46. The third kappa shape index (κ3) is 1.84. The number of carbonyl (C=O) groups is 1. The third-order valence-corrected chi connectivity index (χ3v) is 1.37. The summed E-state index contributed by atoms with van der Waals surface area (Å²) in [5, 5.41) is 0.